The number of likely N-dealkylation sites (tertiary alicyclic amines) is 1. The molecule has 1 fully saturated rings. The Morgan fingerprint density at radius 3 is 2.45 bits per heavy atom. The first-order valence-electron chi connectivity index (χ1n) is 6.18. The van der Waals surface area contributed by atoms with E-state index in [-0.39, 0.29) is 25.2 Å². The van der Waals surface area contributed by atoms with E-state index in [9.17, 15) is 19.5 Å². The second kappa shape index (κ2) is 5.73. The molecule has 0 bridgehead atoms. The number of nitrogens with zero attached hydrogens (tertiary/aromatic N) is 1. The Morgan fingerprint density at radius 1 is 1.35 bits per heavy atom. The van der Waals surface area contributed by atoms with Crippen LogP contribution in [0.5, 0.6) is 5.75 Å². The summed E-state index contributed by atoms with van der Waals surface area (Å²) in [6, 6.07) is 5.94. The Balaban J connectivity index is 2.15. The number of benzene rings is 1. The Morgan fingerprint density at radius 2 is 2.00 bits per heavy atom. The number of ketones is 1. The molecule has 0 aromatic heterocycles. The summed E-state index contributed by atoms with van der Waals surface area (Å²) in [6.07, 6.45) is -0.0370. The van der Waals surface area contributed by atoms with Gasteiger partial charge in [-0.2, -0.15) is 0 Å². The number of Topliss-reactive ketones (excluding diaryl/α,β-unsaturated/α-hetero) is 1. The number of amides is 1. The summed E-state index contributed by atoms with van der Waals surface area (Å²) in [4.78, 5) is 35.4. The first-order valence-corrected chi connectivity index (χ1v) is 6.18. The van der Waals surface area contributed by atoms with Crippen molar-refractivity contribution in [3.05, 3.63) is 29.8 Å². The van der Waals surface area contributed by atoms with Crippen LogP contribution in [0.3, 0.4) is 0 Å². The van der Waals surface area contributed by atoms with Crippen molar-refractivity contribution in [2.45, 2.75) is 18.9 Å². The standard InChI is InChI=1S/C14H15NO5/c1-20-11-4-2-9(3-5-11)6-12(14(18)19)15-8-10(16)7-13(15)17/h2-5,12H,6-8H2,1H3,(H,18,19)/t12-/m0/s1. The van der Waals surface area contributed by atoms with Crippen molar-refractivity contribution in [1.29, 1.82) is 0 Å². The molecule has 1 aromatic rings. The minimum absolute atomic E-state index is 0.119. The second-order valence-corrected chi connectivity index (χ2v) is 4.64. The molecule has 0 spiro atoms. The van der Waals surface area contributed by atoms with Gasteiger partial charge in [-0.25, -0.2) is 4.79 Å². The molecule has 1 atom stereocenters. The van der Waals surface area contributed by atoms with E-state index in [1.165, 1.54) is 0 Å². The molecule has 2 rings (SSSR count). The number of hydrogen-bond donors (Lipinski definition) is 1. The van der Waals surface area contributed by atoms with E-state index >= 15 is 0 Å². The Bertz CT molecular complexity index is 537. The van der Waals surface area contributed by atoms with Crippen molar-refractivity contribution in [2.24, 2.45) is 0 Å². The lowest BCUT2D eigenvalue weighted by Gasteiger charge is -2.23. The van der Waals surface area contributed by atoms with Gasteiger partial charge in [0.25, 0.3) is 0 Å². The molecule has 0 radical (unpaired) electrons. The summed E-state index contributed by atoms with van der Waals surface area (Å²) in [5.41, 5.74) is 0.769. The van der Waals surface area contributed by atoms with Crippen LogP contribution in [0.15, 0.2) is 24.3 Å². The van der Waals surface area contributed by atoms with Crippen molar-refractivity contribution in [1.82, 2.24) is 4.90 Å². The average molecular weight is 277 g/mol. The quantitative estimate of drug-likeness (QED) is 0.792. The highest BCUT2D eigenvalue weighted by Gasteiger charge is 2.36. The normalized spacial score (nSPS) is 16.4. The second-order valence-electron chi connectivity index (χ2n) is 4.64. The third kappa shape index (κ3) is 2.96. The van der Waals surface area contributed by atoms with Crippen LogP contribution in [0.25, 0.3) is 0 Å². The lowest BCUT2D eigenvalue weighted by atomic mass is 10.0. The van der Waals surface area contributed by atoms with E-state index in [0.29, 0.717) is 5.75 Å². The van der Waals surface area contributed by atoms with Gasteiger partial charge in [0.1, 0.15) is 11.8 Å². The van der Waals surface area contributed by atoms with E-state index in [1.807, 2.05) is 0 Å². The van der Waals surface area contributed by atoms with Gasteiger partial charge in [-0.1, -0.05) is 12.1 Å². The molecule has 1 aromatic carbocycles. The summed E-state index contributed by atoms with van der Waals surface area (Å²) < 4.78 is 5.03. The van der Waals surface area contributed by atoms with E-state index in [4.69, 9.17) is 4.74 Å². The molecular formula is C14H15NO5. The highest BCUT2D eigenvalue weighted by molar-refractivity contribution is 6.06. The molecule has 0 aliphatic carbocycles. The van der Waals surface area contributed by atoms with Crippen LogP contribution in [0.1, 0.15) is 12.0 Å². The van der Waals surface area contributed by atoms with Gasteiger partial charge in [0.15, 0.2) is 5.78 Å². The van der Waals surface area contributed by atoms with Gasteiger partial charge in [0.2, 0.25) is 5.91 Å². The average Bonchev–Trinajstić information content (AvgIpc) is 2.75. The van der Waals surface area contributed by atoms with Crippen molar-refractivity contribution < 1.29 is 24.2 Å². The Hall–Kier alpha value is -2.37. The number of ether oxygens (including phenoxy) is 1. The lowest BCUT2D eigenvalue weighted by molar-refractivity contribution is -0.148. The van der Waals surface area contributed by atoms with E-state index < -0.39 is 17.9 Å². The number of carboxylic acids is 1. The summed E-state index contributed by atoms with van der Waals surface area (Å²) in [7, 11) is 1.55. The molecule has 0 unspecified atom stereocenters. The van der Waals surface area contributed by atoms with Gasteiger partial charge < -0.3 is 14.7 Å². The highest BCUT2D eigenvalue weighted by atomic mass is 16.5. The summed E-state index contributed by atoms with van der Waals surface area (Å²) >= 11 is 0. The van der Waals surface area contributed by atoms with Crippen LogP contribution in [-0.4, -0.2) is 47.4 Å². The summed E-state index contributed by atoms with van der Waals surface area (Å²) in [5.74, 6) is -1.09. The van der Waals surface area contributed by atoms with Crippen LogP contribution in [0.2, 0.25) is 0 Å². The monoisotopic (exact) mass is 277 g/mol. The smallest absolute Gasteiger partial charge is 0.326 e. The van der Waals surface area contributed by atoms with Crippen LogP contribution in [0.4, 0.5) is 0 Å². The highest BCUT2D eigenvalue weighted by Crippen LogP contribution is 2.18. The fraction of sp³-hybridized carbons (Fsp3) is 0.357. The SMILES string of the molecule is COc1ccc(C[C@@H](C(=O)O)N2CC(=O)CC2=O)cc1. The zero-order valence-electron chi connectivity index (χ0n) is 11.0. The van der Waals surface area contributed by atoms with Crippen LogP contribution in [0, 0.1) is 0 Å². The molecular weight excluding hydrogens is 262 g/mol. The number of carbonyl (C=O) groups excluding carboxylic acids is 2. The van der Waals surface area contributed by atoms with Gasteiger partial charge in [0, 0.05) is 6.42 Å². The first-order chi connectivity index (χ1) is 9.51. The molecule has 1 saturated heterocycles. The number of methoxy groups -OCH3 is 1. The van der Waals surface area contributed by atoms with Crippen molar-refractivity contribution in [2.75, 3.05) is 13.7 Å². The number of carbonyl (C=O) groups is 3. The number of carboxylic acid groups (broad SMARTS) is 1. The lowest BCUT2D eigenvalue weighted by Crippen LogP contribution is -2.43. The maximum Gasteiger partial charge on any atom is 0.326 e. The Labute approximate surface area is 115 Å². The molecule has 6 heteroatoms. The number of aliphatic carboxylic acids is 1. The molecule has 1 heterocycles. The maximum atomic E-state index is 11.6. The minimum Gasteiger partial charge on any atom is -0.497 e. The van der Waals surface area contributed by atoms with Gasteiger partial charge >= 0.3 is 5.97 Å². The van der Waals surface area contributed by atoms with Crippen molar-refractivity contribution in [3.8, 4) is 5.75 Å². The predicted octanol–water partition coefficient (Wildman–Crippen LogP) is 0.492. The van der Waals surface area contributed by atoms with Crippen molar-refractivity contribution in [3.63, 3.8) is 0 Å². The molecule has 20 heavy (non-hydrogen) atoms. The van der Waals surface area contributed by atoms with Crippen molar-refractivity contribution >= 4 is 17.7 Å². The third-order valence-corrected chi connectivity index (χ3v) is 3.26. The van der Waals surface area contributed by atoms with Gasteiger partial charge in [-0.3, -0.25) is 9.59 Å². The maximum absolute atomic E-state index is 11.6. The molecule has 1 aliphatic rings. The first kappa shape index (κ1) is 14.0. The van der Waals surface area contributed by atoms with Crippen LogP contribution >= 0.6 is 0 Å². The predicted molar refractivity (Wildman–Crippen MR) is 69.5 cm³/mol. The van der Waals surface area contributed by atoms with E-state index in [0.717, 1.165) is 10.5 Å². The van der Waals surface area contributed by atoms with Crippen LogP contribution < -0.4 is 4.74 Å². The zero-order valence-corrected chi connectivity index (χ0v) is 11.0. The molecule has 6 nitrogen and oxygen atoms in total. The minimum atomic E-state index is -1.11. The number of rotatable bonds is 5. The fourth-order valence-electron chi connectivity index (χ4n) is 2.20. The zero-order chi connectivity index (χ0) is 14.7. The summed E-state index contributed by atoms with van der Waals surface area (Å²) in [6.45, 7) is -0.119. The third-order valence-electron chi connectivity index (χ3n) is 3.26. The fourth-order valence-corrected chi connectivity index (χ4v) is 2.20. The van der Waals surface area contributed by atoms with E-state index in [1.54, 1.807) is 31.4 Å². The molecule has 1 amide bonds. The molecule has 106 valence electrons. The molecule has 1 N–H and O–H groups in total. The number of hydrogen-bond acceptors (Lipinski definition) is 4. The van der Waals surface area contributed by atoms with Gasteiger partial charge in [0.05, 0.1) is 20.1 Å². The Kier molecular flexibility index (Phi) is 4.02. The van der Waals surface area contributed by atoms with Gasteiger partial charge in [-0.15, -0.1) is 0 Å². The summed E-state index contributed by atoms with van der Waals surface area (Å²) in [5, 5.41) is 9.27. The molecule has 1 aliphatic heterocycles. The molecule has 0 saturated carbocycles. The van der Waals surface area contributed by atoms with Crippen LogP contribution in [-0.2, 0) is 20.8 Å². The van der Waals surface area contributed by atoms with E-state index in [2.05, 4.69) is 0 Å². The van der Waals surface area contributed by atoms with Gasteiger partial charge in [-0.05, 0) is 17.7 Å². The largest absolute Gasteiger partial charge is 0.497 e. The topological polar surface area (TPSA) is 83.9 Å².